The van der Waals surface area contributed by atoms with Crippen molar-refractivity contribution in [2.45, 2.75) is 116 Å². The monoisotopic (exact) mass is 526 g/mol. The summed E-state index contributed by atoms with van der Waals surface area (Å²) in [5.74, 6) is 0. The number of H-pyrrole nitrogens is 1. The molecular formula is C24H41N5O6P+. The Morgan fingerprint density at radius 2 is 1.69 bits per heavy atom. The third-order valence-electron chi connectivity index (χ3n) is 6.40. The van der Waals surface area contributed by atoms with Crippen molar-refractivity contribution in [2.75, 3.05) is 13.2 Å². The van der Waals surface area contributed by atoms with Gasteiger partial charge in [-0.2, -0.15) is 0 Å². The summed E-state index contributed by atoms with van der Waals surface area (Å²) in [4.78, 5) is 28.8. The summed E-state index contributed by atoms with van der Waals surface area (Å²) in [5.41, 5.74) is 8.13. The lowest BCUT2D eigenvalue weighted by Crippen LogP contribution is -2.33. The van der Waals surface area contributed by atoms with Crippen molar-refractivity contribution in [2.24, 2.45) is 5.11 Å². The lowest BCUT2D eigenvalue weighted by Gasteiger charge is -2.14. The van der Waals surface area contributed by atoms with E-state index >= 15 is 0 Å². The number of nitrogens with zero attached hydrogens (tertiary/aromatic N) is 4. The number of nitrogens with one attached hydrogen (secondary N) is 1. The highest BCUT2D eigenvalue weighted by atomic mass is 31.1. The van der Waals surface area contributed by atoms with Gasteiger partial charge in [-0.1, -0.05) is 82.7 Å². The molecule has 0 radical (unpaired) electrons. The fourth-order valence-electron chi connectivity index (χ4n) is 4.28. The van der Waals surface area contributed by atoms with Crippen molar-refractivity contribution in [1.82, 2.24) is 9.55 Å². The summed E-state index contributed by atoms with van der Waals surface area (Å²) in [6.07, 6.45) is 15.0. The molecule has 1 unspecified atom stereocenters. The van der Waals surface area contributed by atoms with Crippen molar-refractivity contribution in [3.63, 3.8) is 0 Å². The van der Waals surface area contributed by atoms with E-state index in [1.165, 1.54) is 68.6 Å². The molecule has 0 saturated carbocycles. The predicted octanol–water partition coefficient (Wildman–Crippen LogP) is 6.20. The largest absolute Gasteiger partial charge is 0.697 e. The van der Waals surface area contributed by atoms with Crippen LogP contribution < -0.4 is 11.2 Å². The Kier molecular flexibility index (Phi) is 14.6. The summed E-state index contributed by atoms with van der Waals surface area (Å²) < 4.78 is 29.8. The maximum atomic E-state index is 12.1. The second-order valence-corrected chi connectivity index (χ2v) is 10.3. The molecule has 2 rings (SSSR count). The van der Waals surface area contributed by atoms with Gasteiger partial charge in [-0.25, -0.2) is 4.79 Å². The molecule has 36 heavy (non-hydrogen) atoms. The molecule has 4 atom stereocenters. The predicted molar refractivity (Wildman–Crippen MR) is 138 cm³/mol. The molecule has 1 fully saturated rings. The van der Waals surface area contributed by atoms with E-state index in [1.54, 1.807) is 6.92 Å². The third-order valence-corrected chi connectivity index (χ3v) is 7.15. The van der Waals surface area contributed by atoms with E-state index in [0.717, 1.165) is 19.3 Å². The van der Waals surface area contributed by atoms with Gasteiger partial charge in [-0.15, -0.1) is 9.05 Å². The van der Waals surface area contributed by atoms with Gasteiger partial charge in [0.2, 0.25) is 0 Å². The van der Waals surface area contributed by atoms with Gasteiger partial charge in [0.05, 0.1) is 12.1 Å². The number of rotatable bonds is 19. The highest BCUT2D eigenvalue weighted by Crippen LogP contribution is 2.33. The summed E-state index contributed by atoms with van der Waals surface area (Å²) in [7, 11) is -2.33. The Labute approximate surface area is 213 Å². The van der Waals surface area contributed by atoms with E-state index < -0.39 is 37.9 Å². The van der Waals surface area contributed by atoms with Crippen molar-refractivity contribution < 1.29 is 18.3 Å². The van der Waals surface area contributed by atoms with Gasteiger partial charge < -0.3 is 4.74 Å². The standard InChI is InChI=1S/C24H40N5O6P/c1-3-4-5-6-7-8-9-10-11-12-13-14-15-33-36(32)34-18-21-20(27-28-25)16-22(35-21)29-17-19(2)23(30)26-24(29)31/h17,20-22H,3-16,18H2,1-2H3/p+1/t20-,21+,22+/m0/s1. The van der Waals surface area contributed by atoms with Crippen LogP contribution in [0.25, 0.3) is 10.4 Å². The quantitative estimate of drug-likeness (QED) is 0.0745. The summed E-state index contributed by atoms with van der Waals surface area (Å²) in [6, 6.07) is -0.612. The van der Waals surface area contributed by atoms with Crippen molar-refractivity contribution in [3.05, 3.63) is 43.0 Å². The first-order chi connectivity index (χ1) is 17.5. The van der Waals surface area contributed by atoms with Gasteiger partial charge in [-0.3, -0.25) is 14.3 Å². The van der Waals surface area contributed by atoms with Crippen LogP contribution in [-0.2, 0) is 18.3 Å². The minimum Gasteiger partial charge on any atom is -0.352 e. The lowest BCUT2D eigenvalue weighted by molar-refractivity contribution is -0.0235. The molecule has 1 N–H and O–H groups in total. The smallest absolute Gasteiger partial charge is 0.352 e. The lowest BCUT2D eigenvalue weighted by atomic mass is 10.1. The maximum absolute atomic E-state index is 12.1. The first-order valence-electron chi connectivity index (χ1n) is 13.2. The molecule has 1 saturated heterocycles. The number of aryl methyl sites for hydroxylation is 1. The number of azide groups is 1. The molecular weight excluding hydrogens is 485 g/mol. The van der Waals surface area contributed by atoms with Gasteiger partial charge in [0.1, 0.15) is 19.4 Å². The molecule has 11 nitrogen and oxygen atoms in total. The zero-order chi connectivity index (χ0) is 26.2. The number of aromatic amines is 1. The third kappa shape index (κ3) is 10.9. The molecule has 0 aromatic carbocycles. The number of aromatic nitrogens is 2. The van der Waals surface area contributed by atoms with Crippen LogP contribution in [0, 0.1) is 6.92 Å². The Morgan fingerprint density at radius 1 is 1.08 bits per heavy atom. The van der Waals surface area contributed by atoms with Gasteiger partial charge in [0, 0.05) is 27.7 Å². The number of unbranched alkanes of at least 4 members (excludes halogenated alkanes) is 11. The SMILES string of the molecule is CCCCCCCCCCCCCCO[P+](=O)OC[C@H]1O[C@@H](n2cc(C)c(=O)[nH]c2=O)C[C@@H]1N=[N+]=[N-]. The van der Waals surface area contributed by atoms with Crippen LogP contribution in [0.3, 0.4) is 0 Å². The van der Waals surface area contributed by atoms with Gasteiger partial charge in [-0.05, 0) is 18.9 Å². The van der Waals surface area contributed by atoms with E-state index in [0.29, 0.717) is 12.2 Å². The highest BCUT2D eigenvalue weighted by molar-refractivity contribution is 7.33. The second kappa shape index (κ2) is 17.4. The molecule has 202 valence electrons. The van der Waals surface area contributed by atoms with Crippen LogP contribution in [0.15, 0.2) is 20.9 Å². The maximum Gasteiger partial charge on any atom is 0.697 e. The van der Waals surface area contributed by atoms with Crippen molar-refractivity contribution in [1.29, 1.82) is 0 Å². The van der Waals surface area contributed by atoms with Gasteiger partial charge in [0.15, 0.2) is 0 Å². The average molecular weight is 527 g/mol. The molecule has 0 aliphatic carbocycles. The number of hydrogen-bond donors (Lipinski definition) is 1. The zero-order valence-corrected chi connectivity index (χ0v) is 22.5. The molecule has 1 aromatic heterocycles. The van der Waals surface area contributed by atoms with E-state index in [9.17, 15) is 14.2 Å². The number of ether oxygens (including phenoxy) is 1. The highest BCUT2D eigenvalue weighted by Gasteiger charge is 2.38. The zero-order valence-electron chi connectivity index (χ0n) is 21.6. The Morgan fingerprint density at radius 3 is 2.31 bits per heavy atom. The Bertz CT molecular complexity index is 961. The van der Waals surface area contributed by atoms with Crippen molar-refractivity contribution in [3.8, 4) is 0 Å². The fourth-order valence-corrected chi connectivity index (χ4v) is 4.90. The first-order valence-corrected chi connectivity index (χ1v) is 14.3. The summed E-state index contributed by atoms with van der Waals surface area (Å²) in [5, 5.41) is 3.72. The number of hydrogen-bond acceptors (Lipinski definition) is 7. The van der Waals surface area contributed by atoms with Crippen LogP contribution in [-0.4, -0.2) is 34.9 Å². The molecule has 0 amide bonds. The molecule has 0 spiro atoms. The normalized spacial score (nSPS) is 19.8. The Balaban J connectivity index is 1.60. The van der Waals surface area contributed by atoms with E-state index in [1.807, 2.05) is 0 Å². The van der Waals surface area contributed by atoms with Crippen LogP contribution in [0.2, 0.25) is 0 Å². The Hall–Kier alpha value is -2.03. The minimum absolute atomic E-state index is 0.106. The van der Waals surface area contributed by atoms with E-state index in [4.69, 9.17) is 19.3 Å². The molecule has 12 heteroatoms. The molecule has 1 aromatic rings. The minimum atomic E-state index is -2.33. The molecule has 0 bridgehead atoms. The van der Waals surface area contributed by atoms with Crippen molar-refractivity contribution >= 4 is 8.25 Å². The van der Waals surface area contributed by atoms with Gasteiger partial charge in [0.25, 0.3) is 5.56 Å². The molecule has 2 heterocycles. The summed E-state index contributed by atoms with van der Waals surface area (Å²) in [6.45, 7) is 4.06. The van der Waals surface area contributed by atoms with Gasteiger partial charge >= 0.3 is 13.9 Å². The first kappa shape index (κ1) is 30.2. The van der Waals surface area contributed by atoms with Crippen LogP contribution >= 0.6 is 8.25 Å². The van der Waals surface area contributed by atoms with Crippen LogP contribution in [0.5, 0.6) is 0 Å². The van der Waals surface area contributed by atoms with E-state index in [2.05, 4.69) is 21.9 Å². The summed E-state index contributed by atoms with van der Waals surface area (Å²) >= 11 is 0. The topological polar surface area (TPSA) is 148 Å². The van der Waals surface area contributed by atoms with Crippen LogP contribution in [0.4, 0.5) is 0 Å². The second-order valence-electron chi connectivity index (χ2n) is 9.36. The molecule has 1 aliphatic heterocycles. The average Bonchev–Trinajstić information content (AvgIpc) is 3.25. The van der Waals surface area contributed by atoms with E-state index in [-0.39, 0.29) is 13.0 Å². The molecule has 1 aliphatic rings. The fraction of sp³-hybridized carbons (Fsp3) is 0.833. The van der Waals surface area contributed by atoms with Crippen LogP contribution in [0.1, 0.15) is 102 Å².